The van der Waals surface area contributed by atoms with Gasteiger partial charge in [0.25, 0.3) is 0 Å². The van der Waals surface area contributed by atoms with Crippen molar-refractivity contribution < 1.29 is 4.74 Å². The van der Waals surface area contributed by atoms with Gasteiger partial charge < -0.3 is 21.5 Å². The van der Waals surface area contributed by atoms with Gasteiger partial charge in [0.2, 0.25) is 0 Å². The van der Waals surface area contributed by atoms with Gasteiger partial charge >= 0.3 is 0 Å². The highest BCUT2D eigenvalue weighted by molar-refractivity contribution is 5.91. The van der Waals surface area contributed by atoms with Crippen molar-refractivity contribution in [3.05, 3.63) is 54.1 Å². The molecule has 31 heavy (non-hydrogen) atoms. The predicted molar refractivity (Wildman–Crippen MR) is 125 cm³/mol. The van der Waals surface area contributed by atoms with E-state index in [1.54, 1.807) is 19.5 Å². The van der Waals surface area contributed by atoms with Gasteiger partial charge in [0, 0.05) is 17.8 Å². The highest BCUT2D eigenvalue weighted by atomic mass is 16.5. The monoisotopic (exact) mass is 417 g/mol. The van der Waals surface area contributed by atoms with E-state index in [0.29, 0.717) is 5.82 Å². The number of nitrogens with two attached hydrogens (primary N) is 2. The Hall–Kier alpha value is -3.68. The highest BCUT2D eigenvalue weighted by Gasteiger charge is 2.26. The number of hydrogen-bond acceptors (Lipinski definition) is 6. The number of anilines is 1. The zero-order valence-electron chi connectivity index (χ0n) is 17.5. The van der Waals surface area contributed by atoms with E-state index in [4.69, 9.17) is 26.2 Å². The van der Waals surface area contributed by atoms with Crippen LogP contribution in [-0.4, -0.2) is 40.1 Å². The van der Waals surface area contributed by atoms with Crippen LogP contribution in [0.5, 0.6) is 5.75 Å². The first-order valence-electron chi connectivity index (χ1n) is 10.4. The number of ether oxygens (including phenoxy) is 1. The number of nitrogens with one attached hydrogen (secondary N) is 1. The second-order valence-corrected chi connectivity index (χ2v) is 7.58. The molecule has 0 radical (unpaired) electrons. The number of aliphatic imine (C=N–C) groups is 1. The van der Waals surface area contributed by atoms with Crippen LogP contribution in [0.15, 0.2) is 47.7 Å². The first-order valence-corrected chi connectivity index (χ1v) is 10.4. The van der Waals surface area contributed by atoms with Crippen molar-refractivity contribution in [2.45, 2.75) is 37.8 Å². The molecular weight excluding hydrogens is 390 g/mol. The van der Waals surface area contributed by atoms with Crippen molar-refractivity contribution >= 4 is 34.8 Å². The maximum Gasteiger partial charge on any atom is 0.186 e. The van der Waals surface area contributed by atoms with E-state index in [9.17, 15) is 0 Å². The molecule has 5 N–H and O–H groups in total. The molecule has 0 amide bonds. The molecule has 0 saturated heterocycles. The van der Waals surface area contributed by atoms with E-state index in [1.807, 2.05) is 42.5 Å². The van der Waals surface area contributed by atoms with Gasteiger partial charge in [-0.1, -0.05) is 18.9 Å². The topological polar surface area (TPSA) is 124 Å². The van der Waals surface area contributed by atoms with Crippen molar-refractivity contribution in [1.29, 1.82) is 0 Å². The van der Waals surface area contributed by atoms with Crippen molar-refractivity contribution in [3.8, 4) is 5.75 Å². The molecule has 1 aromatic carbocycles. The minimum Gasteiger partial charge on any atom is -0.497 e. The van der Waals surface area contributed by atoms with Crippen LogP contribution in [0.25, 0.3) is 23.1 Å². The summed E-state index contributed by atoms with van der Waals surface area (Å²) in [4.78, 5) is 18.0. The summed E-state index contributed by atoms with van der Waals surface area (Å²) >= 11 is 0. The summed E-state index contributed by atoms with van der Waals surface area (Å²) in [6, 6.07) is 9.78. The summed E-state index contributed by atoms with van der Waals surface area (Å²) in [7, 11) is 1.65. The van der Waals surface area contributed by atoms with Crippen LogP contribution >= 0.6 is 0 Å². The third kappa shape index (κ3) is 5.09. The normalized spacial score (nSPS) is 18.7. The summed E-state index contributed by atoms with van der Waals surface area (Å²) in [6.45, 7) is 0. The van der Waals surface area contributed by atoms with Gasteiger partial charge in [-0.3, -0.25) is 4.98 Å². The van der Waals surface area contributed by atoms with Crippen LogP contribution in [0.1, 0.15) is 37.1 Å². The maximum atomic E-state index is 5.67. The predicted octanol–water partition coefficient (Wildman–Crippen LogP) is 3.20. The molecule has 1 aliphatic rings. The summed E-state index contributed by atoms with van der Waals surface area (Å²) in [5.41, 5.74) is 13.2. The molecule has 1 saturated carbocycles. The van der Waals surface area contributed by atoms with E-state index in [-0.39, 0.29) is 18.0 Å². The van der Waals surface area contributed by atoms with E-state index in [0.717, 1.165) is 53.7 Å². The minimum atomic E-state index is 0.0187. The Kier molecular flexibility index (Phi) is 6.26. The van der Waals surface area contributed by atoms with Gasteiger partial charge in [-0.05, 0) is 54.8 Å². The van der Waals surface area contributed by atoms with Crippen LogP contribution in [0.3, 0.4) is 0 Å². The van der Waals surface area contributed by atoms with Crippen LogP contribution in [0.4, 0.5) is 5.82 Å². The standard InChI is InChI=1S/C23H27N7O/c1-31-16-7-8-18-17(14-16)22(28-19-4-2-3-5-20(19)29-23(24)25)30-21(27-18)9-6-15-10-12-26-13-11-15/h6-14,19-20H,2-5H2,1H3,(H4,24,25,29)(H,27,28,30)/b9-6-. The van der Waals surface area contributed by atoms with Crippen molar-refractivity contribution in [3.63, 3.8) is 0 Å². The summed E-state index contributed by atoms with van der Waals surface area (Å²) in [5, 5.41) is 4.50. The molecule has 2 heterocycles. The third-order valence-electron chi connectivity index (χ3n) is 5.42. The molecule has 2 unspecified atom stereocenters. The number of fused-ring (bicyclic) bond motifs is 1. The molecule has 0 bridgehead atoms. The van der Waals surface area contributed by atoms with E-state index in [2.05, 4.69) is 15.3 Å². The van der Waals surface area contributed by atoms with Crippen LogP contribution in [0.2, 0.25) is 0 Å². The zero-order valence-corrected chi connectivity index (χ0v) is 17.5. The average Bonchev–Trinajstić information content (AvgIpc) is 2.79. The first kappa shape index (κ1) is 20.6. The fraction of sp³-hybridized carbons (Fsp3) is 0.304. The third-order valence-corrected chi connectivity index (χ3v) is 5.42. The summed E-state index contributed by atoms with van der Waals surface area (Å²) < 4.78 is 5.42. The Morgan fingerprint density at radius 3 is 2.68 bits per heavy atom. The van der Waals surface area contributed by atoms with E-state index < -0.39 is 0 Å². The number of guanidine groups is 1. The number of methoxy groups -OCH3 is 1. The molecule has 4 rings (SSSR count). The highest BCUT2D eigenvalue weighted by Crippen LogP contribution is 2.29. The lowest BCUT2D eigenvalue weighted by atomic mass is 9.90. The van der Waals surface area contributed by atoms with Crippen molar-refractivity contribution in [2.75, 3.05) is 12.4 Å². The Labute approximate surface area is 181 Å². The molecule has 0 aliphatic heterocycles. The molecule has 8 heteroatoms. The second-order valence-electron chi connectivity index (χ2n) is 7.58. The molecule has 2 aromatic heterocycles. The lowest BCUT2D eigenvalue weighted by molar-refractivity contribution is 0.405. The van der Waals surface area contributed by atoms with Crippen LogP contribution < -0.4 is 21.5 Å². The average molecular weight is 418 g/mol. The Morgan fingerprint density at radius 1 is 1.10 bits per heavy atom. The quantitative estimate of drug-likeness (QED) is 0.415. The van der Waals surface area contributed by atoms with Crippen LogP contribution in [0, 0.1) is 0 Å². The summed E-state index contributed by atoms with van der Waals surface area (Å²) in [6.07, 6.45) is 11.5. The number of pyridine rings is 1. The fourth-order valence-corrected chi connectivity index (χ4v) is 3.88. The minimum absolute atomic E-state index is 0.0187. The van der Waals surface area contributed by atoms with E-state index >= 15 is 0 Å². The smallest absolute Gasteiger partial charge is 0.186 e. The molecule has 160 valence electrons. The van der Waals surface area contributed by atoms with Crippen LogP contribution in [-0.2, 0) is 0 Å². The zero-order chi connectivity index (χ0) is 21.6. The summed E-state index contributed by atoms with van der Waals surface area (Å²) in [5.74, 6) is 2.24. The van der Waals surface area contributed by atoms with Gasteiger partial charge in [-0.15, -0.1) is 0 Å². The fourth-order valence-electron chi connectivity index (χ4n) is 3.88. The van der Waals surface area contributed by atoms with Gasteiger partial charge in [0.05, 0.1) is 24.7 Å². The number of benzene rings is 1. The lowest BCUT2D eigenvalue weighted by Crippen LogP contribution is -2.38. The number of rotatable bonds is 6. The lowest BCUT2D eigenvalue weighted by Gasteiger charge is -2.30. The van der Waals surface area contributed by atoms with Gasteiger partial charge in [-0.2, -0.15) is 0 Å². The SMILES string of the molecule is COc1ccc2nc(/C=C\c3ccncc3)nc(NC3CCCCC3N=C(N)N)c2c1. The molecule has 2 atom stereocenters. The van der Waals surface area contributed by atoms with Gasteiger partial charge in [-0.25, -0.2) is 15.0 Å². The Bertz CT molecular complexity index is 1090. The molecule has 1 aliphatic carbocycles. The Morgan fingerprint density at radius 2 is 1.90 bits per heavy atom. The van der Waals surface area contributed by atoms with Gasteiger partial charge in [0.15, 0.2) is 11.8 Å². The largest absolute Gasteiger partial charge is 0.497 e. The number of aromatic nitrogens is 3. The van der Waals surface area contributed by atoms with Crippen molar-refractivity contribution in [1.82, 2.24) is 15.0 Å². The molecule has 8 nitrogen and oxygen atoms in total. The van der Waals surface area contributed by atoms with E-state index in [1.165, 1.54) is 0 Å². The molecule has 0 spiro atoms. The molecule has 1 fully saturated rings. The Balaban J connectivity index is 1.72. The van der Waals surface area contributed by atoms with Crippen molar-refractivity contribution in [2.24, 2.45) is 16.5 Å². The first-order chi connectivity index (χ1) is 15.1. The van der Waals surface area contributed by atoms with Gasteiger partial charge in [0.1, 0.15) is 11.6 Å². The molecular formula is C23H27N7O. The second kappa shape index (κ2) is 9.42. The number of nitrogens with zero attached hydrogens (tertiary/aromatic N) is 4. The maximum absolute atomic E-state index is 5.67. The molecule has 3 aromatic rings. The number of hydrogen-bond donors (Lipinski definition) is 3.